The van der Waals surface area contributed by atoms with Crippen LogP contribution in [0, 0.1) is 0 Å². The molecule has 2 aliphatic heterocycles. The number of nitrogens with zero attached hydrogens (tertiary/aromatic N) is 5. The van der Waals surface area contributed by atoms with E-state index in [4.69, 9.17) is 16.3 Å². The van der Waals surface area contributed by atoms with E-state index in [0.29, 0.717) is 30.1 Å². The second-order valence-electron chi connectivity index (χ2n) is 10.8. The Morgan fingerprint density at radius 3 is 2.51 bits per heavy atom. The van der Waals surface area contributed by atoms with Gasteiger partial charge in [0, 0.05) is 40.3 Å². The monoisotopic (exact) mass is 629 g/mol. The number of aromatic nitrogens is 2. The molecule has 1 fully saturated rings. The molecule has 12 nitrogen and oxygen atoms in total. The molecule has 3 N–H and O–H groups in total. The fourth-order valence-electron chi connectivity index (χ4n) is 5.18. The molecule has 14 heteroatoms. The number of likely N-dealkylation sites (N-methyl/N-ethyl adjacent to an activating group) is 1. The van der Waals surface area contributed by atoms with Gasteiger partial charge in [0.1, 0.15) is 15.7 Å². The third kappa shape index (κ3) is 7.02. The number of amides is 1. The van der Waals surface area contributed by atoms with Crippen LogP contribution in [0.3, 0.4) is 0 Å². The lowest BCUT2D eigenvalue weighted by Gasteiger charge is -2.21. The zero-order valence-corrected chi connectivity index (χ0v) is 26.0. The maximum absolute atomic E-state index is 13.4. The SMILES string of the molecule is COc1cc2c(cc1Nc1ncc(Cl)c(Nc3ccccc3S(=O)(=O)N3CCC(O)C3)n1)CCN(CC(=O)N(C)C)CC2. The number of methoxy groups -OCH3 is 1. The average Bonchev–Trinajstić information content (AvgIpc) is 3.34. The molecule has 0 aliphatic carbocycles. The first kappa shape index (κ1) is 31.0. The van der Waals surface area contributed by atoms with Crippen LogP contribution in [0.5, 0.6) is 5.75 Å². The third-order valence-electron chi connectivity index (χ3n) is 7.65. The fourth-order valence-corrected chi connectivity index (χ4v) is 6.96. The topological polar surface area (TPSA) is 140 Å². The van der Waals surface area contributed by atoms with Crippen LogP contribution in [-0.4, -0.2) is 104 Å². The van der Waals surface area contributed by atoms with Crippen LogP contribution in [0.4, 0.5) is 23.1 Å². The van der Waals surface area contributed by atoms with Gasteiger partial charge in [0.2, 0.25) is 21.9 Å². The van der Waals surface area contributed by atoms with Crippen LogP contribution >= 0.6 is 11.6 Å². The molecule has 1 aromatic heterocycles. The first-order valence-electron chi connectivity index (χ1n) is 14.0. The lowest BCUT2D eigenvalue weighted by molar-refractivity contribution is -0.129. The predicted molar refractivity (Wildman–Crippen MR) is 165 cm³/mol. The number of β-amino-alcohol motifs (C(OH)–C–C–N with tert-alkyl or cyclic N) is 1. The van der Waals surface area contributed by atoms with Crippen molar-refractivity contribution in [3.8, 4) is 5.75 Å². The molecule has 1 amide bonds. The molecule has 5 rings (SSSR count). The van der Waals surface area contributed by atoms with E-state index in [1.54, 1.807) is 44.3 Å². The number of rotatable bonds is 9. The molecule has 2 aromatic carbocycles. The summed E-state index contributed by atoms with van der Waals surface area (Å²) in [6.07, 6.45) is 2.69. The van der Waals surface area contributed by atoms with E-state index < -0.39 is 16.1 Å². The van der Waals surface area contributed by atoms with Gasteiger partial charge in [-0.15, -0.1) is 0 Å². The molecular weight excluding hydrogens is 594 g/mol. The fraction of sp³-hybridized carbons (Fsp3) is 0.414. The van der Waals surface area contributed by atoms with Crippen molar-refractivity contribution in [3.63, 3.8) is 0 Å². The summed E-state index contributed by atoms with van der Waals surface area (Å²) >= 11 is 6.44. The maximum Gasteiger partial charge on any atom is 0.245 e. The van der Waals surface area contributed by atoms with Gasteiger partial charge in [0.15, 0.2) is 5.82 Å². The number of hydrogen-bond donors (Lipinski definition) is 3. The molecule has 1 atom stereocenters. The van der Waals surface area contributed by atoms with E-state index in [2.05, 4.69) is 25.5 Å². The summed E-state index contributed by atoms with van der Waals surface area (Å²) in [6.45, 7) is 2.20. The van der Waals surface area contributed by atoms with Gasteiger partial charge in [-0.1, -0.05) is 23.7 Å². The number of hydrogen-bond acceptors (Lipinski definition) is 10. The van der Waals surface area contributed by atoms with Crippen LogP contribution in [-0.2, 0) is 27.7 Å². The number of benzene rings is 2. The Hall–Kier alpha value is -3.49. The minimum Gasteiger partial charge on any atom is -0.495 e. The summed E-state index contributed by atoms with van der Waals surface area (Å²) in [6, 6.07) is 10.5. The summed E-state index contributed by atoms with van der Waals surface area (Å²) in [5.41, 5.74) is 3.27. The van der Waals surface area contributed by atoms with Crippen molar-refractivity contribution in [2.45, 2.75) is 30.3 Å². The Labute approximate surface area is 256 Å². The number of fused-ring (bicyclic) bond motifs is 1. The van der Waals surface area contributed by atoms with Gasteiger partial charge < -0.3 is 25.4 Å². The number of halogens is 1. The third-order valence-corrected chi connectivity index (χ3v) is 9.85. The highest BCUT2D eigenvalue weighted by molar-refractivity contribution is 7.89. The highest BCUT2D eigenvalue weighted by atomic mass is 35.5. The number of nitrogens with one attached hydrogen (secondary N) is 2. The van der Waals surface area contributed by atoms with Crippen molar-refractivity contribution in [2.24, 2.45) is 0 Å². The van der Waals surface area contributed by atoms with Crippen molar-refractivity contribution in [1.29, 1.82) is 0 Å². The molecule has 0 spiro atoms. The minimum absolute atomic E-state index is 0.0495. The Kier molecular flexibility index (Phi) is 9.37. The largest absolute Gasteiger partial charge is 0.495 e. The first-order chi connectivity index (χ1) is 20.5. The predicted octanol–water partition coefficient (Wildman–Crippen LogP) is 2.87. The molecule has 230 valence electrons. The molecule has 1 unspecified atom stereocenters. The van der Waals surface area contributed by atoms with Gasteiger partial charge in [-0.05, 0) is 54.7 Å². The smallest absolute Gasteiger partial charge is 0.245 e. The second-order valence-corrected chi connectivity index (χ2v) is 13.1. The number of carbonyl (C=O) groups excluding carboxylic acids is 1. The van der Waals surface area contributed by atoms with Crippen LogP contribution in [0.1, 0.15) is 17.5 Å². The van der Waals surface area contributed by atoms with Crippen LogP contribution in [0.2, 0.25) is 5.02 Å². The molecule has 3 heterocycles. The molecule has 43 heavy (non-hydrogen) atoms. The number of aliphatic hydroxyl groups excluding tert-OH is 1. The number of aliphatic hydroxyl groups is 1. The quantitative estimate of drug-likeness (QED) is 0.324. The average molecular weight is 630 g/mol. The summed E-state index contributed by atoms with van der Waals surface area (Å²) in [4.78, 5) is 24.9. The van der Waals surface area contributed by atoms with Crippen molar-refractivity contribution in [2.75, 3.05) is 64.6 Å². The zero-order chi connectivity index (χ0) is 30.7. The van der Waals surface area contributed by atoms with Gasteiger partial charge in [-0.2, -0.15) is 9.29 Å². The first-order valence-corrected chi connectivity index (χ1v) is 15.8. The van der Waals surface area contributed by atoms with Gasteiger partial charge in [-0.25, -0.2) is 13.4 Å². The van der Waals surface area contributed by atoms with Gasteiger partial charge in [-0.3, -0.25) is 9.69 Å². The standard InChI is InChI=1S/C29H36ClN7O5S/c1-35(2)27(39)18-36-11-8-19-14-24(25(42-3)15-20(19)9-12-36)33-29-31-16-22(30)28(34-29)32-23-6-4-5-7-26(23)43(40,41)37-13-10-21(38)17-37/h4-7,14-16,21,38H,8-13,17-18H2,1-3H3,(H2,31,32,33,34). The Balaban J connectivity index is 1.37. The molecule has 0 saturated carbocycles. The van der Waals surface area contributed by atoms with E-state index in [-0.39, 0.29) is 40.7 Å². The number of anilines is 4. The lowest BCUT2D eigenvalue weighted by Crippen LogP contribution is -2.37. The summed E-state index contributed by atoms with van der Waals surface area (Å²) in [5.74, 6) is 1.15. The number of carbonyl (C=O) groups is 1. The maximum atomic E-state index is 13.4. The van der Waals surface area contributed by atoms with Crippen molar-refractivity contribution in [1.82, 2.24) is 24.1 Å². The van der Waals surface area contributed by atoms with Gasteiger partial charge in [0.25, 0.3) is 0 Å². The van der Waals surface area contributed by atoms with E-state index in [1.807, 2.05) is 12.1 Å². The second kappa shape index (κ2) is 13.0. The molecule has 0 radical (unpaired) electrons. The number of sulfonamides is 1. The van der Waals surface area contributed by atoms with E-state index in [9.17, 15) is 18.3 Å². The minimum atomic E-state index is -3.86. The normalized spacial score (nSPS) is 17.7. The van der Waals surface area contributed by atoms with E-state index >= 15 is 0 Å². The van der Waals surface area contributed by atoms with Crippen molar-refractivity contribution in [3.05, 3.63) is 58.7 Å². The van der Waals surface area contributed by atoms with Crippen LogP contribution in [0.15, 0.2) is 47.5 Å². The highest BCUT2D eigenvalue weighted by Crippen LogP contribution is 2.34. The van der Waals surface area contributed by atoms with Crippen molar-refractivity contribution < 1.29 is 23.1 Å². The van der Waals surface area contributed by atoms with E-state index in [1.165, 1.54) is 16.6 Å². The summed E-state index contributed by atoms with van der Waals surface area (Å²) in [5, 5.41) is 16.4. The Morgan fingerprint density at radius 1 is 1.12 bits per heavy atom. The van der Waals surface area contributed by atoms with Crippen molar-refractivity contribution >= 4 is 50.7 Å². The van der Waals surface area contributed by atoms with Crippen LogP contribution in [0.25, 0.3) is 0 Å². The number of para-hydroxylation sites is 1. The molecule has 1 saturated heterocycles. The highest BCUT2D eigenvalue weighted by Gasteiger charge is 2.33. The molecule has 0 bridgehead atoms. The molecule has 3 aromatic rings. The Morgan fingerprint density at radius 2 is 1.84 bits per heavy atom. The summed E-state index contributed by atoms with van der Waals surface area (Å²) < 4.78 is 33.7. The zero-order valence-electron chi connectivity index (χ0n) is 24.4. The molecular formula is C29H36ClN7O5S. The lowest BCUT2D eigenvalue weighted by atomic mass is 10.0. The van der Waals surface area contributed by atoms with Gasteiger partial charge in [0.05, 0.1) is 37.3 Å². The summed E-state index contributed by atoms with van der Waals surface area (Å²) in [7, 11) is 1.26. The van der Waals surface area contributed by atoms with Gasteiger partial charge >= 0.3 is 0 Å². The Bertz CT molecular complexity index is 1600. The van der Waals surface area contributed by atoms with E-state index in [0.717, 1.165) is 37.1 Å². The van der Waals surface area contributed by atoms with Crippen LogP contribution < -0.4 is 15.4 Å². The molecule has 2 aliphatic rings. The number of ether oxygens (including phenoxy) is 1.